The molecule has 0 saturated carbocycles. The highest BCUT2D eigenvalue weighted by atomic mass is 32.2. The van der Waals surface area contributed by atoms with E-state index in [1.54, 1.807) is 16.8 Å². The summed E-state index contributed by atoms with van der Waals surface area (Å²) in [5.74, 6) is 0.281. The molecule has 0 spiro atoms. The minimum absolute atomic E-state index is 0.0221. The second-order valence-corrected chi connectivity index (χ2v) is 7.68. The van der Waals surface area contributed by atoms with Crippen molar-refractivity contribution >= 4 is 40.0 Å². The Bertz CT molecular complexity index is 1020. The monoisotopic (exact) mass is 376 g/mol. The van der Waals surface area contributed by atoms with E-state index in [1.165, 1.54) is 17.1 Å². The number of thioether (sulfide) groups is 1. The summed E-state index contributed by atoms with van der Waals surface area (Å²) in [6, 6.07) is 22.1. The summed E-state index contributed by atoms with van der Waals surface area (Å²) >= 11 is 1.52. The number of rotatable bonds is 4. The molecule has 0 fully saturated rings. The fourth-order valence-electron chi connectivity index (χ4n) is 3.28. The number of carbonyl (C=O) groups is 2. The lowest BCUT2D eigenvalue weighted by Gasteiger charge is -2.30. The normalized spacial score (nSPS) is 13.5. The van der Waals surface area contributed by atoms with E-state index in [9.17, 15) is 9.59 Å². The average molecular weight is 376 g/mol. The molecule has 0 bridgehead atoms. The van der Waals surface area contributed by atoms with Crippen molar-refractivity contribution in [3.8, 4) is 0 Å². The first kappa shape index (κ1) is 17.6. The van der Waals surface area contributed by atoms with Crippen LogP contribution in [-0.4, -0.2) is 36.1 Å². The molecule has 4 rings (SSSR count). The molecule has 3 aromatic rings. The maximum absolute atomic E-state index is 12.8. The molecule has 0 N–H and O–H groups in total. The predicted octanol–water partition coefficient (Wildman–Crippen LogP) is 3.94. The van der Waals surface area contributed by atoms with Crippen molar-refractivity contribution in [2.45, 2.75) is 11.4 Å². The zero-order valence-electron chi connectivity index (χ0n) is 15.1. The van der Waals surface area contributed by atoms with Gasteiger partial charge in [0.25, 0.3) is 0 Å². The maximum atomic E-state index is 12.8. The molecular weight excluding hydrogens is 356 g/mol. The number of hydrogen-bond donors (Lipinski definition) is 0. The van der Waals surface area contributed by atoms with E-state index in [1.807, 2.05) is 42.5 Å². The van der Waals surface area contributed by atoms with Crippen molar-refractivity contribution in [2.75, 3.05) is 24.2 Å². The van der Waals surface area contributed by atoms with Crippen LogP contribution in [-0.2, 0) is 16.1 Å². The first-order valence-electron chi connectivity index (χ1n) is 8.85. The smallest absolute Gasteiger partial charge is 0.242 e. The lowest BCUT2D eigenvalue weighted by molar-refractivity contribution is -0.130. The molecule has 0 atom stereocenters. The molecule has 1 aliphatic rings. The van der Waals surface area contributed by atoms with Crippen LogP contribution in [0.25, 0.3) is 10.8 Å². The second-order valence-electron chi connectivity index (χ2n) is 6.67. The minimum Gasteiger partial charge on any atom is -0.340 e. The average Bonchev–Trinajstić information content (AvgIpc) is 2.70. The minimum atomic E-state index is -0.0711. The van der Waals surface area contributed by atoms with Gasteiger partial charge in [-0.1, -0.05) is 48.5 Å². The Morgan fingerprint density at radius 3 is 2.63 bits per heavy atom. The van der Waals surface area contributed by atoms with Gasteiger partial charge in [-0.15, -0.1) is 11.8 Å². The van der Waals surface area contributed by atoms with E-state index < -0.39 is 0 Å². The van der Waals surface area contributed by atoms with Gasteiger partial charge in [0.2, 0.25) is 11.8 Å². The summed E-state index contributed by atoms with van der Waals surface area (Å²) in [4.78, 5) is 29.4. The van der Waals surface area contributed by atoms with Gasteiger partial charge in [-0.3, -0.25) is 9.59 Å². The molecule has 5 heteroatoms. The Labute approximate surface area is 162 Å². The van der Waals surface area contributed by atoms with Crippen LogP contribution in [0.3, 0.4) is 0 Å². The number of benzene rings is 3. The molecule has 0 saturated heterocycles. The van der Waals surface area contributed by atoms with Crippen molar-refractivity contribution in [3.05, 3.63) is 72.3 Å². The van der Waals surface area contributed by atoms with Gasteiger partial charge in [-0.05, 0) is 34.5 Å². The molecule has 3 aromatic carbocycles. The van der Waals surface area contributed by atoms with Gasteiger partial charge >= 0.3 is 0 Å². The van der Waals surface area contributed by atoms with Gasteiger partial charge < -0.3 is 9.80 Å². The van der Waals surface area contributed by atoms with Crippen molar-refractivity contribution < 1.29 is 9.59 Å². The highest BCUT2D eigenvalue weighted by Gasteiger charge is 2.27. The van der Waals surface area contributed by atoms with E-state index in [-0.39, 0.29) is 18.4 Å². The third-order valence-corrected chi connectivity index (χ3v) is 5.81. The lowest BCUT2D eigenvalue weighted by atomic mass is 10.1. The number of nitrogens with zero attached hydrogens (tertiary/aromatic N) is 2. The Kier molecular flexibility index (Phi) is 4.86. The Hall–Kier alpha value is -2.79. The van der Waals surface area contributed by atoms with Crippen LogP contribution < -0.4 is 4.90 Å². The first-order valence-corrected chi connectivity index (χ1v) is 9.84. The Morgan fingerprint density at radius 2 is 1.78 bits per heavy atom. The van der Waals surface area contributed by atoms with Gasteiger partial charge in [0.1, 0.15) is 6.54 Å². The lowest BCUT2D eigenvalue weighted by Crippen LogP contribution is -2.43. The van der Waals surface area contributed by atoms with Gasteiger partial charge in [0.05, 0.1) is 11.4 Å². The summed E-state index contributed by atoms with van der Waals surface area (Å²) in [7, 11) is 1.78. The molecule has 1 aliphatic heterocycles. The van der Waals surface area contributed by atoms with Crippen LogP contribution in [0, 0.1) is 0 Å². The number of likely N-dealkylation sites (N-methyl/N-ethyl adjacent to an activating group) is 1. The van der Waals surface area contributed by atoms with Crippen LogP contribution in [0.5, 0.6) is 0 Å². The number of anilines is 1. The van der Waals surface area contributed by atoms with Crippen LogP contribution in [0.1, 0.15) is 5.56 Å². The van der Waals surface area contributed by atoms with Crippen molar-refractivity contribution in [2.24, 2.45) is 0 Å². The summed E-state index contributed by atoms with van der Waals surface area (Å²) in [6.07, 6.45) is 0. The fourth-order valence-corrected chi connectivity index (χ4v) is 4.22. The van der Waals surface area contributed by atoms with Gasteiger partial charge in [0, 0.05) is 18.5 Å². The van der Waals surface area contributed by atoms with E-state index in [4.69, 9.17) is 0 Å². The van der Waals surface area contributed by atoms with E-state index >= 15 is 0 Å². The van der Waals surface area contributed by atoms with Crippen LogP contribution in [0.4, 0.5) is 5.69 Å². The van der Waals surface area contributed by atoms with Crippen LogP contribution >= 0.6 is 11.8 Å². The second kappa shape index (κ2) is 7.45. The quantitative estimate of drug-likeness (QED) is 0.693. The third kappa shape index (κ3) is 3.69. The summed E-state index contributed by atoms with van der Waals surface area (Å²) < 4.78 is 0. The largest absolute Gasteiger partial charge is 0.340 e. The van der Waals surface area contributed by atoms with Crippen molar-refractivity contribution in [3.63, 3.8) is 0 Å². The molecule has 0 aliphatic carbocycles. The van der Waals surface area contributed by atoms with Gasteiger partial charge in [0.15, 0.2) is 0 Å². The van der Waals surface area contributed by atoms with E-state index in [0.717, 1.165) is 21.5 Å². The van der Waals surface area contributed by atoms with Crippen molar-refractivity contribution in [1.29, 1.82) is 0 Å². The number of carbonyl (C=O) groups excluding carboxylic acids is 2. The van der Waals surface area contributed by atoms with Gasteiger partial charge in [-0.25, -0.2) is 0 Å². The molecule has 27 heavy (non-hydrogen) atoms. The predicted molar refractivity (Wildman–Crippen MR) is 110 cm³/mol. The summed E-state index contributed by atoms with van der Waals surface area (Å²) in [5.41, 5.74) is 1.90. The third-order valence-electron chi connectivity index (χ3n) is 4.76. The molecule has 0 radical (unpaired) electrons. The Balaban J connectivity index is 1.48. The number of hydrogen-bond acceptors (Lipinski definition) is 3. The molecule has 4 nitrogen and oxygen atoms in total. The van der Waals surface area contributed by atoms with E-state index in [2.05, 4.69) is 24.3 Å². The molecule has 0 aromatic heterocycles. The fraction of sp³-hybridized carbons (Fsp3) is 0.182. The SMILES string of the molecule is CN(Cc1ccc2ccccc2c1)C(=O)CN1C(=O)CSc2ccccc21. The molecule has 2 amide bonds. The first-order chi connectivity index (χ1) is 13.1. The summed E-state index contributed by atoms with van der Waals surface area (Å²) in [5, 5.41) is 2.34. The summed E-state index contributed by atoms with van der Waals surface area (Å²) in [6.45, 7) is 0.586. The number of fused-ring (bicyclic) bond motifs is 2. The standard InChI is InChI=1S/C22H20N2O2S/c1-23(13-16-10-11-17-6-2-3-7-18(17)12-16)21(25)14-24-19-8-4-5-9-20(19)27-15-22(24)26/h2-12H,13-15H2,1H3. The molecule has 136 valence electrons. The number of amides is 2. The van der Waals surface area contributed by atoms with Gasteiger partial charge in [-0.2, -0.15) is 0 Å². The number of para-hydroxylation sites is 1. The zero-order valence-corrected chi connectivity index (χ0v) is 15.9. The van der Waals surface area contributed by atoms with Crippen LogP contribution in [0.15, 0.2) is 71.6 Å². The highest BCUT2D eigenvalue weighted by Crippen LogP contribution is 2.34. The zero-order chi connectivity index (χ0) is 18.8. The van der Waals surface area contributed by atoms with Crippen LogP contribution in [0.2, 0.25) is 0 Å². The van der Waals surface area contributed by atoms with E-state index in [0.29, 0.717) is 12.3 Å². The molecular formula is C22H20N2O2S. The topological polar surface area (TPSA) is 40.6 Å². The molecule has 0 unspecified atom stereocenters. The Morgan fingerprint density at radius 1 is 1.04 bits per heavy atom. The highest BCUT2D eigenvalue weighted by molar-refractivity contribution is 8.00. The van der Waals surface area contributed by atoms with Crippen molar-refractivity contribution in [1.82, 2.24) is 4.90 Å². The molecule has 1 heterocycles. The maximum Gasteiger partial charge on any atom is 0.242 e.